The van der Waals surface area contributed by atoms with Gasteiger partial charge in [-0.25, -0.2) is 0 Å². The van der Waals surface area contributed by atoms with Crippen LogP contribution in [0.3, 0.4) is 0 Å². The fourth-order valence-corrected chi connectivity index (χ4v) is 2.34. The van der Waals surface area contributed by atoms with E-state index in [9.17, 15) is 4.79 Å². The molecule has 0 radical (unpaired) electrons. The lowest BCUT2D eigenvalue weighted by molar-refractivity contribution is -0.122. The van der Waals surface area contributed by atoms with Gasteiger partial charge in [-0.1, -0.05) is 6.07 Å². The van der Waals surface area contributed by atoms with Gasteiger partial charge in [0.05, 0.1) is 13.2 Å². The second kappa shape index (κ2) is 7.31. The summed E-state index contributed by atoms with van der Waals surface area (Å²) in [6.45, 7) is 5.43. The number of benzene rings is 1. The lowest BCUT2D eigenvalue weighted by Crippen LogP contribution is -2.45. The molecule has 0 aromatic heterocycles. The Morgan fingerprint density at radius 1 is 1.38 bits per heavy atom. The SMILES string of the molecule is COc1cc(CNC2CCC(=O)NC2)ccc1OC(C)C. The first kappa shape index (κ1) is 15.6. The van der Waals surface area contributed by atoms with Crippen LogP contribution >= 0.6 is 0 Å². The molecule has 1 aliphatic rings. The number of methoxy groups -OCH3 is 1. The highest BCUT2D eigenvalue weighted by atomic mass is 16.5. The average molecular weight is 292 g/mol. The van der Waals surface area contributed by atoms with Crippen molar-refractivity contribution in [2.75, 3.05) is 13.7 Å². The fourth-order valence-electron chi connectivity index (χ4n) is 2.34. The van der Waals surface area contributed by atoms with E-state index in [4.69, 9.17) is 9.47 Å². The van der Waals surface area contributed by atoms with Gasteiger partial charge < -0.3 is 20.1 Å². The van der Waals surface area contributed by atoms with Crippen LogP contribution in [0.5, 0.6) is 11.5 Å². The molecule has 1 aromatic rings. The van der Waals surface area contributed by atoms with Gasteiger partial charge in [-0.15, -0.1) is 0 Å². The Bertz CT molecular complexity index is 478. The van der Waals surface area contributed by atoms with Gasteiger partial charge in [0.1, 0.15) is 0 Å². The molecule has 1 heterocycles. The van der Waals surface area contributed by atoms with Crippen LogP contribution in [-0.4, -0.2) is 31.7 Å². The fraction of sp³-hybridized carbons (Fsp3) is 0.562. The number of rotatable bonds is 6. The Kier molecular flexibility index (Phi) is 5.44. The number of amides is 1. The Morgan fingerprint density at radius 3 is 2.81 bits per heavy atom. The molecular weight excluding hydrogens is 268 g/mol. The van der Waals surface area contributed by atoms with Crippen molar-refractivity contribution in [3.63, 3.8) is 0 Å². The number of nitrogens with one attached hydrogen (secondary N) is 2. The number of ether oxygens (including phenoxy) is 2. The summed E-state index contributed by atoms with van der Waals surface area (Å²) >= 11 is 0. The van der Waals surface area contributed by atoms with E-state index >= 15 is 0 Å². The molecule has 0 spiro atoms. The largest absolute Gasteiger partial charge is 0.493 e. The Labute approximate surface area is 126 Å². The van der Waals surface area contributed by atoms with Crippen molar-refractivity contribution >= 4 is 5.91 Å². The molecule has 1 unspecified atom stereocenters. The molecule has 1 aliphatic heterocycles. The maximum atomic E-state index is 11.1. The van der Waals surface area contributed by atoms with Gasteiger partial charge in [-0.05, 0) is 38.0 Å². The smallest absolute Gasteiger partial charge is 0.220 e. The molecule has 5 nitrogen and oxygen atoms in total. The summed E-state index contributed by atoms with van der Waals surface area (Å²) in [5.74, 6) is 1.66. The van der Waals surface area contributed by atoms with Gasteiger partial charge in [0.2, 0.25) is 5.91 Å². The average Bonchev–Trinajstić information content (AvgIpc) is 2.47. The van der Waals surface area contributed by atoms with Crippen LogP contribution in [0.2, 0.25) is 0 Å². The molecule has 116 valence electrons. The van der Waals surface area contributed by atoms with Crippen molar-refractivity contribution < 1.29 is 14.3 Å². The molecular formula is C16H24N2O3. The maximum absolute atomic E-state index is 11.1. The second-order valence-electron chi connectivity index (χ2n) is 5.57. The van der Waals surface area contributed by atoms with E-state index in [2.05, 4.69) is 10.6 Å². The third-order valence-electron chi connectivity index (χ3n) is 3.45. The number of hydrogen-bond donors (Lipinski definition) is 2. The zero-order chi connectivity index (χ0) is 15.2. The van der Waals surface area contributed by atoms with Gasteiger partial charge in [0.25, 0.3) is 0 Å². The third-order valence-corrected chi connectivity index (χ3v) is 3.45. The van der Waals surface area contributed by atoms with Crippen LogP contribution in [0.1, 0.15) is 32.3 Å². The van der Waals surface area contributed by atoms with Crippen molar-refractivity contribution in [3.05, 3.63) is 23.8 Å². The molecule has 21 heavy (non-hydrogen) atoms. The van der Waals surface area contributed by atoms with Crippen molar-refractivity contribution in [2.24, 2.45) is 0 Å². The first-order valence-corrected chi connectivity index (χ1v) is 7.42. The summed E-state index contributed by atoms with van der Waals surface area (Å²) < 4.78 is 11.1. The first-order valence-electron chi connectivity index (χ1n) is 7.42. The van der Waals surface area contributed by atoms with Crippen LogP contribution in [0.15, 0.2) is 18.2 Å². The minimum absolute atomic E-state index is 0.119. The first-order chi connectivity index (χ1) is 10.1. The number of carbonyl (C=O) groups is 1. The lowest BCUT2D eigenvalue weighted by Gasteiger charge is -2.23. The molecule has 1 fully saturated rings. The molecule has 0 saturated carbocycles. The van der Waals surface area contributed by atoms with Crippen LogP contribution in [0, 0.1) is 0 Å². The monoisotopic (exact) mass is 292 g/mol. The normalized spacial score (nSPS) is 18.5. The Balaban J connectivity index is 1.92. The highest BCUT2D eigenvalue weighted by Gasteiger charge is 2.17. The summed E-state index contributed by atoms with van der Waals surface area (Å²) in [4.78, 5) is 11.1. The molecule has 5 heteroatoms. The van der Waals surface area contributed by atoms with E-state index < -0.39 is 0 Å². The maximum Gasteiger partial charge on any atom is 0.220 e. The lowest BCUT2D eigenvalue weighted by atomic mass is 10.1. The van der Waals surface area contributed by atoms with Gasteiger partial charge >= 0.3 is 0 Å². The summed E-state index contributed by atoms with van der Waals surface area (Å²) in [7, 11) is 1.65. The van der Waals surface area contributed by atoms with Gasteiger partial charge in [0.15, 0.2) is 11.5 Å². The number of piperidine rings is 1. The number of carbonyl (C=O) groups excluding carboxylic acids is 1. The molecule has 1 atom stereocenters. The Morgan fingerprint density at radius 2 is 2.19 bits per heavy atom. The summed E-state index contributed by atoms with van der Waals surface area (Å²) in [5.41, 5.74) is 1.14. The van der Waals surface area contributed by atoms with Gasteiger partial charge in [-0.3, -0.25) is 4.79 Å². The van der Waals surface area contributed by atoms with Crippen LogP contribution in [0.4, 0.5) is 0 Å². The summed E-state index contributed by atoms with van der Waals surface area (Å²) in [5, 5.41) is 6.33. The van der Waals surface area contributed by atoms with Crippen LogP contribution in [0.25, 0.3) is 0 Å². The topological polar surface area (TPSA) is 59.6 Å². The van der Waals surface area contributed by atoms with Crippen molar-refractivity contribution in [2.45, 2.75) is 45.4 Å². The van der Waals surface area contributed by atoms with Crippen LogP contribution < -0.4 is 20.1 Å². The minimum atomic E-state index is 0.119. The quantitative estimate of drug-likeness (QED) is 0.840. The predicted molar refractivity (Wildman–Crippen MR) is 81.6 cm³/mol. The highest BCUT2D eigenvalue weighted by molar-refractivity contribution is 5.76. The zero-order valence-electron chi connectivity index (χ0n) is 12.9. The molecule has 2 rings (SSSR count). The Hall–Kier alpha value is -1.75. The minimum Gasteiger partial charge on any atom is -0.493 e. The van der Waals surface area contributed by atoms with Gasteiger partial charge in [0, 0.05) is 25.6 Å². The highest BCUT2D eigenvalue weighted by Crippen LogP contribution is 2.29. The van der Waals surface area contributed by atoms with Gasteiger partial charge in [-0.2, -0.15) is 0 Å². The van der Waals surface area contributed by atoms with E-state index in [0.29, 0.717) is 19.0 Å². The molecule has 0 aliphatic carbocycles. The van der Waals surface area contributed by atoms with Crippen LogP contribution in [-0.2, 0) is 11.3 Å². The molecule has 1 amide bonds. The van der Waals surface area contributed by atoms with E-state index in [-0.39, 0.29) is 12.0 Å². The summed E-state index contributed by atoms with van der Waals surface area (Å²) in [6.07, 6.45) is 1.60. The standard InChI is InChI=1S/C16H24N2O3/c1-11(2)21-14-6-4-12(8-15(14)20-3)9-17-13-5-7-16(19)18-10-13/h4,6,8,11,13,17H,5,7,9-10H2,1-3H3,(H,18,19). The predicted octanol–water partition coefficient (Wildman–Crippen LogP) is 1.85. The number of hydrogen-bond acceptors (Lipinski definition) is 4. The van der Waals surface area contributed by atoms with E-state index in [1.807, 2.05) is 32.0 Å². The molecule has 0 bridgehead atoms. The van der Waals surface area contributed by atoms with E-state index in [1.165, 1.54) is 0 Å². The molecule has 1 saturated heterocycles. The van der Waals surface area contributed by atoms with Crippen molar-refractivity contribution in [3.8, 4) is 11.5 Å². The van der Waals surface area contributed by atoms with E-state index in [1.54, 1.807) is 7.11 Å². The van der Waals surface area contributed by atoms with E-state index in [0.717, 1.165) is 30.0 Å². The summed E-state index contributed by atoms with van der Waals surface area (Å²) in [6, 6.07) is 6.31. The molecule has 1 aromatic carbocycles. The zero-order valence-corrected chi connectivity index (χ0v) is 12.9. The molecule has 2 N–H and O–H groups in total. The van der Waals surface area contributed by atoms with Crippen molar-refractivity contribution in [1.82, 2.24) is 10.6 Å². The third kappa shape index (κ3) is 4.63. The van der Waals surface area contributed by atoms with Crippen molar-refractivity contribution in [1.29, 1.82) is 0 Å². The second-order valence-corrected chi connectivity index (χ2v) is 5.57.